The molecule has 1 aliphatic rings. The van der Waals surface area contributed by atoms with Crippen LogP contribution in [-0.4, -0.2) is 18.9 Å². The molecule has 0 spiro atoms. The van der Waals surface area contributed by atoms with Gasteiger partial charge in [0.15, 0.2) is 12.6 Å². The van der Waals surface area contributed by atoms with Gasteiger partial charge in [0.2, 0.25) is 0 Å². The summed E-state index contributed by atoms with van der Waals surface area (Å²) < 4.78 is 5.32. The first-order valence-electron chi connectivity index (χ1n) is 5.30. The molecule has 4 heteroatoms. The van der Waals surface area contributed by atoms with E-state index in [1.165, 1.54) is 0 Å². The van der Waals surface area contributed by atoms with Gasteiger partial charge >= 0.3 is 0 Å². The summed E-state index contributed by atoms with van der Waals surface area (Å²) in [5, 5.41) is 0. The Morgan fingerprint density at radius 1 is 1.31 bits per heavy atom. The average molecular weight is 222 g/mol. The summed E-state index contributed by atoms with van der Waals surface area (Å²) in [6, 6.07) is 7.50. The van der Waals surface area contributed by atoms with Crippen molar-refractivity contribution >= 4 is 6.29 Å². The van der Waals surface area contributed by atoms with Gasteiger partial charge in [-0.25, -0.2) is 9.78 Å². The SMILES string of the molecule is CC1OOC(CCc2ccccc2C=O)O1. The van der Waals surface area contributed by atoms with E-state index in [0.717, 1.165) is 23.8 Å². The van der Waals surface area contributed by atoms with Crippen molar-refractivity contribution in [3.8, 4) is 0 Å². The van der Waals surface area contributed by atoms with Gasteiger partial charge in [-0.05, 0) is 18.9 Å². The van der Waals surface area contributed by atoms with E-state index in [-0.39, 0.29) is 12.6 Å². The molecular formula is C12H14O4. The topological polar surface area (TPSA) is 44.8 Å². The van der Waals surface area contributed by atoms with Crippen molar-refractivity contribution in [1.82, 2.24) is 0 Å². The fourth-order valence-electron chi connectivity index (χ4n) is 1.67. The zero-order chi connectivity index (χ0) is 11.4. The molecule has 2 rings (SSSR count). The lowest BCUT2D eigenvalue weighted by molar-refractivity contribution is -0.294. The van der Waals surface area contributed by atoms with Crippen molar-refractivity contribution in [3.63, 3.8) is 0 Å². The standard InChI is InChI=1S/C12H14O4/c1-9-14-12(16-15-9)7-6-10-4-2-3-5-11(10)8-13/h2-5,8-9,12H,6-7H2,1H3. The molecule has 1 aliphatic heterocycles. The van der Waals surface area contributed by atoms with Crippen molar-refractivity contribution in [2.45, 2.75) is 32.3 Å². The third kappa shape index (κ3) is 2.66. The van der Waals surface area contributed by atoms with Crippen LogP contribution in [-0.2, 0) is 20.9 Å². The first-order chi connectivity index (χ1) is 7.79. The number of ether oxygens (including phenoxy) is 1. The van der Waals surface area contributed by atoms with Crippen LogP contribution < -0.4 is 0 Å². The number of benzene rings is 1. The number of aldehydes is 1. The number of carbonyl (C=O) groups is 1. The average Bonchev–Trinajstić information content (AvgIpc) is 2.73. The Balaban J connectivity index is 1.91. The molecule has 2 unspecified atom stereocenters. The third-order valence-electron chi connectivity index (χ3n) is 2.47. The molecule has 0 saturated carbocycles. The van der Waals surface area contributed by atoms with Crippen molar-refractivity contribution in [3.05, 3.63) is 35.4 Å². The fourth-order valence-corrected chi connectivity index (χ4v) is 1.67. The van der Waals surface area contributed by atoms with Crippen molar-refractivity contribution in [1.29, 1.82) is 0 Å². The highest BCUT2D eigenvalue weighted by atomic mass is 17.3. The van der Waals surface area contributed by atoms with Gasteiger partial charge < -0.3 is 4.74 Å². The van der Waals surface area contributed by atoms with E-state index in [2.05, 4.69) is 0 Å². The lowest BCUT2D eigenvalue weighted by Gasteiger charge is -2.07. The van der Waals surface area contributed by atoms with Crippen LogP contribution in [0, 0.1) is 0 Å². The molecule has 2 atom stereocenters. The van der Waals surface area contributed by atoms with Crippen LogP contribution in [0.3, 0.4) is 0 Å². The van der Waals surface area contributed by atoms with Crippen molar-refractivity contribution in [2.24, 2.45) is 0 Å². The molecule has 0 N–H and O–H groups in total. The normalized spacial score (nSPS) is 24.6. The molecule has 4 nitrogen and oxygen atoms in total. The summed E-state index contributed by atoms with van der Waals surface area (Å²) in [5.74, 6) is 0. The number of carbonyl (C=O) groups excluding carboxylic acids is 1. The molecule has 1 aromatic rings. The van der Waals surface area contributed by atoms with E-state index in [0.29, 0.717) is 6.42 Å². The second-order valence-electron chi connectivity index (χ2n) is 3.68. The molecule has 0 radical (unpaired) electrons. The largest absolute Gasteiger partial charge is 0.318 e. The predicted octanol–water partition coefficient (Wildman–Crippen LogP) is 2.08. The summed E-state index contributed by atoms with van der Waals surface area (Å²) in [7, 11) is 0. The minimum absolute atomic E-state index is 0.314. The highest BCUT2D eigenvalue weighted by molar-refractivity contribution is 5.77. The lowest BCUT2D eigenvalue weighted by Crippen LogP contribution is -2.11. The molecule has 86 valence electrons. The van der Waals surface area contributed by atoms with Gasteiger partial charge in [0, 0.05) is 12.0 Å². The molecule has 0 amide bonds. The summed E-state index contributed by atoms with van der Waals surface area (Å²) in [4.78, 5) is 20.6. The minimum Gasteiger partial charge on any atom is -0.318 e. The Kier molecular flexibility index (Phi) is 3.66. The Bertz CT molecular complexity index is 364. The maximum Gasteiger partial charge on any atom is 0.194 e. The summed E-state index contributed by atoms with van der Waals surface area (Å²) in [5.41, 5.74) is 1.72. The zero-order valence-corrected chi connectivity index (χ0v) is 9.09. The van der Waals surface area contributed by atoms with E-state index >= 15 is 0 Å². The number of hydrogen-bond donors (Lipinski definition) is 0. The van der Waals surface area contributed by atoms with Gasteiger partial charge in [-0.3, -0.25) is 4.79 Å². The maximum absolute atomic E-state index is 10.8. The maximum atomic E-state index is 10.8. The Morgan fingerprint density at radius 3 is 2.81 bits per heavy atom. The van der Waals surface area contributed by atoms with Gasteiger partial charge in [-0.15, -0.1) is 0 Å². The van der Waals surface area contributed by atoms with Crippen LogP contribution in [0.4, 0.5) is 0 Å². The molecule has 0 bridgehead atoms. The van der Waals surface area contributed by atoms with Crippen LogP contribution in [0.1, 0.15) is 29.3 Å². The van der Waals surface area contributed by atoms with E-state index in [9.17, 15) is 4.79 Å². The van der Waals surface area contributed by atoms with Crippen LogP contribution in [0.5, 0.6) is 0 Å². The molecule has 1 fully saturated rings. The van der Waals surface area contributed by atoms with Crippen LogP contribution in [0.15, 0.2) is 24.3 Å². The van der Waals surface area contributed by atoms with Gasteiger partial charge in [0.25, 0.3) is 0 Å². The van der Waals surface area contributed by atoms with E-state index < -0.39 is 0 Å². The fraction of sp³-hybridized carbons (Fsp3) is 0.417. The second-order valence-corrected chi connectivity index (χ2v) is 3.68. The van der Waals surface area contributed by atoms with Crippen LogP contribution in [0.25, 0.3) is 0 Å². The van der Waals surface area contributed by atoms with Gasteiger partial charge in [-0.2, -0.15) is 0 Å². The van der Waals surface area contributed by atoms with E-state index in [1.54, 1.807) is 13.0 Å². The monoisotopic (exact) mass is 222 g/mol. The van der Waals surface area contributed by atoms with Crippen molar-refractivity contribution in [2.75, 3.05) is 0 Å². The molecule has 1 heterocycles. The minimum atomic E-state index is -0.338. The molecule has 1 aromatic carbocycles. The number of rotatable bonds is 4. The zero-order valence-electron chi connectivity index (χ0n) is 9.09. The highest BCUT2D eigenvalue weighted by Crippen LogP contribution is 2.18. The molecule has 1 saturated heterocycles. The third-order valence-corrected chi connectivity index (χ3v) is 2.47. The molecular weight excluding hydrogens is 208 g/mol. The van der Waals surface area contributed by atoms with Gasteiger partial charge in [0.1, 0.15) is 6.29 Å². The second kappa shape index (κ2) is 5.21. The van der Waals surface area contributed by atoms with E-state index in [4.69, 9.17) is 14.5 Å². The van der Waals surface area contributed by atoms with Crippen LogP contribution in [0.2, 0.25) is 0 Å². The van der Waals surface area contributed by atoms with Gasteiger partial charge in [0.05, 0.1) is 0 Å². The quantitative estimate of drug-likeness (QED) is 0.578. The summed E-state index contributed by atoms with van der Waals surface area (Å²) in [6.45, 7) is 1.78. The van der Waals surface area contributed by atoms with Crippen molar-refractivity contribution < 1.29 is 19.3 Å². The Morgan fingerprint density at radius 2 is 2.12 bits per heavy atom. The number of aryl methyl sites for hydroxylation is 1. The summed E-state index contributed by atoms with van der Waals surface area (Å²) in [6.07, 6.45) is 1.62. The van der Waals surface area contributed by atoms with E-state index in [1.807, 2.05) is 18.2 Å². The number of hydrogen-bond acceptors (Lipinski definition) is 4. The highest BCUT2D eigenvalue weighted by Gasteiger charge is 2.23. The smallest absolute Gasteiger partial charge is 0.194 e. The molecule has 16 heavy (non-hydrogen) atoms. The molecule has 0 aromatic heterocycles. The predicted molar refractivity (Wildman–Crippen MR) is 56.7 cm³/mol. The Hall–Kier alpha value is -1.23. The molecule has 0 aliphatic carbocycles. The van der Waals surface area contributed by atoms with Crippen LogP contribution >= 0.6 is 0 Å². The Labute approximate surface area is 94.0 Å². The summed E-state index contributed by atoms with van der Waals surface area (Å²) >= 11 is 0. The lowest BCUT2D eigenvalue weighted by atomic mass is 10.0. The first kappa shape index (κ1) is 11.3. The van der Waals surface area contributed by atoms with Gasteiger partial charge in [-0.1, -0.05) is 24.3 Å². The first-order valence-corrected chi connectivity index (χ1v) is 5.30.